The Kier molecular flexibility index (Phi) is 4.96. The van der Waals surface area contributed by atoms with Crippen molar-refractivity contribution in [2.75, 3.05) is 19.7 Å². The van der Waals surface area contributed by atoms with Gasteiger partial charge in [0.15, 0.2) is 0 Å². The van der Waals surface area contributed by atoms with Gasteiger partial charge in [-0.1, -0.05) is 0 Å². The molecule has 0 aliphatic carbocycles. The molecule has 2 rings (SSSR count). The lowest BCUT2D eigenvalue weighted by molar-refractivity contribution is -0.120. The van der Waals surface area contributed by atoms with Crippen molar-refractivity contribution in [3.05, 3.63) is 21.9 Å². The smallest absolute Gasteiger partial charge is 0.217 e. The quantitative estimate of drug-likeness (QED) is 0.877. The second-order valence-electron chi connectivity index (χ2n) is 5.29. The van der Waals surface area contributed by atoms with Crippen molar-refractivity contribution in [3.8, 4) is 0 Å². The average Bonchev–Trinajstić information content (AvgIpc) is 2.76. The van der Waals surface area contributed by atoms with Gasteiger partial charge in [0.1, 0.15) is 0 Å². The van der Waals surface area contributed by atoms with E-state index in [2.05, 4.69) is 29.3 Å². The predicted octanol–water partition coefficient (Wildman–Crippen LogP) is 1.38. The fourth-order valence-corrected chi connectivity index (χ4v) is 3.61. The summed E-state index contributed by atoms with van der Waals surface area (Å²) in [6, 6.07) is 4.44. The minimum atomic E-state index is -0.00854. The fourth-order valence-electron chi connectivity index (χ4n) is 2.68. The number of aliphatic hydroxyl groups is 1. The lowest BCUT2D eigenvalue weighted by atomic mass is 9.92. The minimum absolute atomic E-state index is 0.00854. The van der Waals surface area contributed by atoms with Gasteiger partial charge in [-0.2, -0.15) is 0 Å². The zero-order valence-corrected chi connectivity index (χ0v) is 12.4. The summed E-state index contributed by atoms with van der Waals surface area (Å²) >= 11 is 1.83. The lowest BCUT2D eigenvalue weighted by Crippen LogP contribution is -2.51. The molecule has 2 atom stereocenters. The molecule has 1 amide bonds. The van der Waals surface area contributed by atoms with Crippen molar-refractivity contribution in [2.24, 2.45) is 5.92 Å². The van der Waals surface area contributed by atoms with Crippen LogP contribution >= 0.6 is 11.3 Å². The van der Waals surface area contributed by atoms with E-state index in [0.29, 0.717) is 0 Å². The summed E-state index contributed by atoms with van der Waals surface area (Å²) in [6.45, 7) is 6.55. The largest absolute Gasteiger partial charge is 0.396 e. The first-order chi connectivity index (χ1) is 9.08. The number of nitrogens with one attached hydrogen (secondary N) is 1. The summed E-state index contributed by atoms with van der Waals surface area (Å²) in [5, 5.41) is 12.4. The zero-order valence-electron chi connectivity index (χ0n) is 11.6. The van der Waals surface area contributed by atoms with Crippen LogP contribution in [-0.2, 0) is 11.3 Å². The maximum atomic E-state index is 11.1. The van der Waals surface area contributed by atoms with E-state index in [0.717, 1.165) is 26.1 Å². The van der Waals surface area contributed by atoms with E-state index in [9.17, 15) is 9.90 Å². The minimum Gasteiger partial charge on any atom is -0.396 e. The third-order valence-electron chi connectivity index (χ3n) is 3.62. The van der Waals surface area contributed by atoms with Gasteiger partial charge in [-0.05, 0) is 25.5 Å². The van der Waals surface area contributed by atoms with Crippen LogP contribution in [0.2, 0.25) is 0 Å². The van der Waals surface area contributed by atoms with E-state index in [1.54, 1.807) is 0 Å². The third-order valence-corrected chi connectivity index (χ3v) is 4.60. The summed E-state index contributed by atoms with van der Waals surface area (Å²) in [5.41, 5.74) is 0. The number of aryl methyl sites for hydroxylation is 1. The molecule has 1 aromatic heterocycles. The SMILES string of the molecule is CC(=O)NC1CCN(Cc2ccc(C)s2)CC1CO. The number of thiophene rings is 1. The molecule has 1 fully saturated rings. The Bertz CT molecular complexity index is 433. The van der Waals surface area contributed by atoms with Gasteiger partial charge in [0, 0.05) is 54.9 Å². The number of piperidine rings is 1. The molecule has 0 saturated carbocycles. The van der Waals surface area contributed by atoms with Crippen molar-refractivity contribution in [1.82, 2.24) is 10.2 Å². The van der Waals surface area contributed by atoms with Gasteiger partial charge in [0.2, 0.25) is 5.91 Å². The Morgan fingerprint density at radius 1 is 1.58 bits per heavy atom. The van der Waals surface area contributed by atoms with Crippen LogP contribution in [0.15, 0.2) is 12.1 Å². The molecule has 2 unspecified atom stereocenters. The number of aliphatic hydroxyl groups excluding tert-OH is 1. The van der Waals surface area contributed by atoms with Crippen LogP contribution in [0.5, 0.6) is 0 Å². The molecule has 2 N–H and O–H groups in total. The summed E-state index contributed by atoms with van der Waals surface area (Å²) in [6.07, 6.45) is 0.912. The number of hydrogen-bond acceptors (Lipinski definition) is 4. The monoisotopic (exact) mass is 282 g/mol. The summed E-state index contributed by atoms with van der Waals surface area (Å²) in [5.74, 6) is 0.129. The summed E-state index contributed by atoms with van der Waals surface area (Å²) in [7, 11) is 0. The van der Waals surface area contributed by atoms with Crippen LogP contribution in [-0.4, -0.2) is 41.7 Å². The van der Waals surface area contributed by atoms with E-state index in [-0.39, 0.29) is 24.5 Å². The average molecular weight is 282 g/mol. The molecular formula is C14H22N2O2S. The molecule has 1 aromatic rings. The molecule has 2 heterocycles. The lowest BCUT2D eigenvalue weighted by Gasteiger charge is -2.37. The van der Waals surface area contributed by atoms with Gasteiger partial charge in [-0.15, -0.1) is 11.3 Å². The van der Waals surface area contributed by atoms with Crippen LogP contribution in [0.1, 0.15) is 23.1 Å². The third kappa shape index (κ3) is 4.03. The van der Waals surface area contributed by atoms with E-state index in [1.807, 2.05) is 11.3 Å². The molecule has 106 valence electrons. The second-order valence-corrected chi connectivity index (χ2v) is 6.66. The van der Waals surface area contributed by atoms with Gasteiger partial charge in [-0.25, -0.2) is 0 Å². The number of likely N-dealkylation sites (tertiary alicyclic amines) is 1. The van der Waals surface area contributed by atoms with Gasteiger partial charge in [0.25, 0.3) is 0 Å². The van der Waals surface area contributed by atoms with Crippen LogP contribution in [0.25, 0.3) is 0 Å². The standard InChI is InChI=1S/C14H22N2O2S/c1-10-3-4-13(19-10)8-16-6-5-14(15-11(2)18)12(7-16)9-17/h3-4,12,14,17H,5-9H2,1-2H3,(H,15,18). The molecule has 1 saturated heterocycles. The Morgan fingerprint density at radius 2 is 2.37 bits per heavy atom. The number of nitrogens with zero attached hydrogens (tertiary/aromatic N) is 1. The first-order valence-corrected chi connectivity index (χ1v) is 7.55. The number of rotatable bonds is 4. The number of carbonyl (C=O) groups is 1. The van der Waals surface area contributed by atoms with E-state index in [4.69, 9.17) is 0 Å². The molecule has 1 aliphatic rings. The number of amides is 1. The number of carbonyl (C=O) groups excluding carboxylic acids is 1. The molecule has 4 nitrogen and oxygen atoms in total. The van der Waals surface area contributed by atoms with Crippen LogP contribution in [0.3, 0.4) is 0 Å². The molecule has 19 heavy (non-hydrogen) atoms. The van der Waals surface area contributed by atoms with Gasteiger partial charge in [-0.3, -0.25) is 9.69 Å². The van der Waals surface area contributed by atoms with Crippen molar-refractivity contribution in [3.63, 3.8) is 0 Å². The summed E-state index contributed by atoms with van der Waals surface area (Å²) < 4.78 is 0. The van der Waals surface area contributed by atoms with E-state index >= 15 is 0 Å². The Hall–Kier alpha value is -0.910. The zero-order chi connectivity index (χ0) is 13.8. The van der Waals surface area contributed by atoms with Gasteiger partial charge >= 0.3 is 0 Å². The van der Waals surface area contributed by atoms with E-state index in [1.165, 1.54) is 16.7 Å². The van der Waals surface area contributed by atoms with Gasteiger partial charge < -0.3 is 10.4 Å². The Labute approximate surface area is 118 Å². The fraction of sp³-hybridized carbons (Fsp3) is 0.643. The van der Waals surface area contributed by atoms with Crippen molar-refractivity contribution < 1.29 is 9.90 Å². The van der Waals surface area contributed by atoms with Crippen LogP contribution < -0.4 is 5.32 Å². The van der Waals surface area contributed by atoms with Crippen LogP contribution in [0, 0.1) is 12.8 Å². The first-order valence-electron chi connectivity index (χ1n) is 6.74. The normalized spacial score (nSPS) is 24.4. The molecule has 5 heteroatoms. The van der Waals surface area contributed by atoms with Gasteiger partial charge in [0.05, 0.1) is 0 Å². The van der Waals surface area contributed by atoms with E-state index < -0.39 is 0 Å². The maximum absolute atomic E-state index is 11.1. The second kappa shape index (κ2) is 6.50. The topological polar surface area (TPSA) is 52.6 Å². The molecular weight excluding hydrogens is 260 g/mol. The van der Waals surface area contributed by atoms with Crippen molar-refractivity contribution >= 4 is 17.2 Å². The van der Waals surface area contributed by atoms with Crippen molar-refractivity contribution in [2.45, 2.75) is 32.9 Å². The maximum Gasteiger partial charge on any atom is 0.217 e. The molecule has 0 bridgehead atoms. The predicted molar refractivity (Wildman–Crippen MR) is 77.1 cm³/mol. The number of hydrogen-bond donors (Lipinski definition) is 2. The Balaban J connectivity index is 1.91. The highest BCUT2D eigenvalue weighted by Gasteiger charge is 2.29. The molecule has 0 aromatic carbocycles. The molecule has 0 spiro atoms. The molecule has 1 aliphatic heterocycles. The molecule has 0 radical (unpaired) electrons. The first kappa shape index (κ1) is 14.5. The highest BCUT2D eigenvalue weighted by Crippen LogP contribution is 2.22. The van der Waals surface area contributed by atoms with Crippen LogP contribution in [0.4, 0.5) is 0 Å². The Morgan fingerprint density at radius 3 is 2.95 bits per heavy atom. The van der Waals surface area contributed by atoms with Crippen molar-refractivity contribution in [1.29, 1.82) is 0 Å². The highest BCUT2D eigenvalue weighted by atomic mass is 32.1. The highest BCUT2D eigenvalue weighted by molar-refractivity contribution is 7.11. The summed E-state index contributed by atoms with van der Waals surface area (Å²) in [4.78, 5) is 16.2.